The summed E-state index contributed by atoms with van der Waals surface area (Å²) in [5, 5.41) is 1.22. The molecule has 2 rings (SSSR count). The lowest BCUT2D eigenvalue weighted by Gasteiger charge is -2.10. The molecule has 0 saturated carbocycles. The first-order valence-electron chi connectivity index (χ1n) is 6.85. The summed E-state index contributed by atoms with van der Waals surface area (Å²) in [7, 11) is 1.63. The molecule has 0 aliphatic carbocycles. The fraction of sp³-hybridized carbons (Fsp3) is 0.615. The Balaban J connectivity index is 2.72. The number of aromatic amines is 1. The van der Waals surface area contributed by atoms with Crippen LogP contribution in [0.15, 0.2) is 14.7 Å². The molecule has 2 heterocycles. The second-order valence-electron chi connectivity index (χ2n) is 4.87. The lowest BCUT2D eigenvalue weighted by atomic mass is 10.4. The Kier molecular flexibility index (Phi) is 4.37. The maximum atomic E-state index is 12.1. The van der Waals surface area contributed by atoms with E-state index >= 15 is 0 Å². The van der Waals surface area contributed by atoms with Gasteiger partial charge in [-0.3, -0.25) is 14.3 Å². The van der Waals surface area contributed by atoms with Crippen LogP contribution in [0, 0.1) is 0 Å². The van der Waals surface area contributed by atoms with Crippen molar-refractivity contribution in [3.8, 4) is 0 Å². The Morgan fingerprint density at radius 3 is 2.65 bits per heavy atom. The molecule has 1 unspecified atom stereocenters. The van der Waals surface area contributed by atoms with Crippen LogP contribution in [0.25, 0.3) is 11.2 Å². The van der Waals surface area contributed by atoms with Gasteiger partial charge in [0.1, 0.15) is 0 Å². The SMILES string of the molecule is CCCn1c(SC(C)CC)nc2c1c(=O)[nH]c(=O)n2C. The van der Waals surface area contributed by atoms with Crippen molar-refractivity contribution in [2.24, 2.45) is 7.05 Å². The molecular formula is C13H20N4O2S. The summed E-state index contributed by atoms with van der Waals surface area (Å²) in [6.07, 6.45) is 1.93. The van der Waals surface area contributed by atoms with Gasteiger partial charge < -0.3 is 4.57 Å². The van der Waals surface area contributed by atoms with E-state index < -0.39 is 5.69 Å². The predicted octanol–water partition coefficient (Wildman–Crippen LogP) is 1.72. The fourth-order valence-electron chi connectivity index (χ4n) is 2.00. The molecule has 6 nitrogen and oxygen atoms in total. The van der Waals surface area contributed by atoms with Crippen molar-refractivity contribution in [3.05, 3.63) is 20.8 Å². The zero-order chi connectivity index (χ0) is 14.9. The third kappa shape index (κ3) is 2.54. The van der Waals surface area contributed by atoms with Crippen LogP contribution in [-0.2, 0) is 13.6 Å². The van der Waals surface area contributed by atoms with Gasteiger partial charge in [-0.15, -0.1) is 0 Å². The van der Waals surface area contributed by atoms with Gasteiger partial charge in [0.2, 0.25) is 0 Å². The minimum absolute atomic E-state index is 0.361. The molecule has 1 N–H and O–H groups in total. The monoisotopic (exact) mass is 296 g/mol. The molecule has 0 aliphatic rings. The van der Waals surface area contributed by atoms with Gasteiger partial charge in [0.05, 0.1) is 0 Å². The van der Waals surface area contributed by atoms with Crippen molar-refractivity contribution in [3.63, 3.8) is 0 Å². The highest BCUT2D eigenvalue weighted by atomic mass is 32.2. The molecule has 110 valence electrons. The van der Waals surface area contributed by atoms with Gasteiger partial charge in [-0.25, -0.2) is 9.78 Å². The largest absolute Gasteiger partial charge is 0.329 e. The summed E-state index contributed by atoms with van der Waals surface area (Å²) in [6.45, 7) is 7.02. The molecule has 0 aliphatic heterocycles. The van der Waals surface area contributed by atoms with Gasteiger partial charge in [0.25, 0.3) is 5.56 Å². The summed E-state index contributed by atoms with van der Waals surface area (Å²) >= 11 is 1.64. The van der Waals surface area contributed by atoms with E-state index in [1.165, 1.54) is 4.57 Å². The molecule has 7 heteroatoms. The Morgan fingerprint density at radius 1 is 1.35 bits per heavy atom. The predicted molar refractivity (Wildman–Crippen MR) is 81.5 cm³/mol. The van der Waals surface area contributed by atoms with Crippen LogP contribution in [0.1, 0.15) is 33.6 Å². The minimum atomic E-state index is -0.427. The highest BCUT2D eigenvalue weighted by molar-refractivity contribution is 7.99. The van der Waals surface area contributed by atoms with E-state index in [-0.39, 0.29) is 5.56 Å². The van der Waals surface area contributed by atoms with Crippen molar-refractivity contribution >= 4 is 22.9 Å². The molecule has 0 aromatic carbocycles. The third-order valence-corrected chi connectivity index (χ3v) is 4.56. The third-order valence-electron chi connectivity index (χ3n) is 3.30. The summed E-state index contributed by atoms with van der Waals surface area (Å²) in [6, 6.07) is 0. The van der Waals surface area contributed by atoms with Gasteiger partial charge in [-0.1, -0.05) is 32.5 Å². The number of imidazole rings is 1. The summed E-state index contributed by atoms with van der Waals surface area (Å²) in [5.74, 6) is 0. The van der Waals surface area contributed by atoms with E-state index in [1.807, 2.05) is 4.57 Å². The Labute approximate surface area is 121 Å². The fourth-order valence-corrected chi connectivity index (χ4v) is 2.97. The Bertz CT molecular complexity index is 728. The Morgan fingerprint density at radius 2 is 2.05 bits per heavy atom. The lowest BCUT2D eigenvalue weighted by Crippen LogP contribution is -2.29. The maximum Gasteiger partial charge on any atom is 0.329 e. The van der Waals surface area contributed by atoms with Crippen LogP contribution in [-0.4, -0.2) is 24.4 Å². The molecule has 0 amide bonds. The summed E-state index contributed by atoms with van der Waals surface area (Å²) in [5.41, 5.74) is 0.154. The minimum Gasteiger partial charge on any atom is -0.313 e. The van der Waals surface area contributed by atoms with E-state index in [0.717, 1.165) is 24.5 Å². The van der Waals surface area contributed by atoms with Crippen LogP contribution >= 0.6 is 11.8 Å². The topological polar surface area (TPSA) is 72.7 Å². The molecule has 0 saturated heterocycles. The molecule has 20 heavy (non-hydrogen) atoms. The van der Waals surface area contributed by atoms with Crippen molar-refractivity contribution in [1.29, 1.82) is 0 Å². The van der Waals surface area contributed by atoms with Crippen molar-refractivity contribution in [2.45, 2.75) is 50.6 Å². The average molecular weight is 296 g/mol. The number of nitrogens with one attached hydrogen (secondary N) is 1. The quantitative estimate of drug-likeness (QED) is 0.853. The van der Waals surface area contributed by atoms with Crippen molar-refractivity contribution in [1.82, 2.24) is 19.1 Å². The molecule has 0 fully saturated rings. The second kappa shape index (κ2) is 5.87. The van der Waals surface area contributed by atoms with E-state index in [0.29, 0.717) is 16.4 Å². The first kappa shape index (κ1) is 14.9. The van der Waals surface area contributed by atoms with E-state index in [9.17, 15) is 9.59 Å². The van der Waals surface area contributed by atoms with Crippen LogP contribution in [0.5, 0.6) is 0 Å². The zero-order valence-electron chi connectivity index (χ0n) is 12.3. The number of hydrogen-bond acceptors (Lipinski definition) is 4. The molecule has 0 radical (unpaired) electrons. The van der Waals surface area contributed by atoms with E-state index in [2.05, 4.69) is 30.7 Å². The normalized spacial score (nSPS) is 13.0. The van der Waals surface area contributed by atoms with Gasteiger partial charge in [-0.2, -0.15) is 0 Å². The Hall–Kier alpha value is -1.50. The van der Waals surface area contributed by atoms with Gasteiger partial charge >= 0.3 is 5.69 Å². The average Bonchev–Trinajstić information content (AvgIpc) is 2.76. The first-order valence-corrected chi connectivity index (χ1v) is 7.73. The smallest absolute Gasteiger partial charge is 0.313 e. The number of H-pyrrole nitrogens is 1. The molecular weight excluding hydrogens is 276 g/mol. The van der Waals surface area contributed by atoms with Gasteiger partial charge in [-0.05, 0) is 12.8 Å². The number of aromatic nitrogens is 4. The van der Waals surface area contributed by atoms with Crippen LogP contribution in [0.4, 0.5) is 0 Å². The highest BCUT2D eigenvalue weighted by Crippen LogP contribution is 2.26. The molecule has 0 bridgehead atoms. The number of rotatable bonds is 5. The van der Waals surface area contributed by atoms with Crippen molar-refractivity contribution < 1.29 is 0 Å². The summed E-state index contributed by atoms with van der Waals surface area (Å²) < 4.78 is 3.31. The first-order chi connectivity index (χ1) is 9.49. The van der Waals surface area contributed by atoms with Crippen LogP contribution in [0.3, 0.4) is 0 Å². The van der Waals surface area contributed by atoms with E-state index in [4.69, 9.17) is 0 Å². The van der Waals surface area contributed by atoms with Gasteiger partial charge in [0, 0.05) is 18.8 Å². The second-order valence-corrected chi connectivity index (χ2v) is 6.28. The number of aryl methyl sites for hydroxylation is 2. The van der Waals surface area contributed by atoms with Crippen molar-refractivity contribution in [2.75, 3.05) is 0 Å². The molecule has 0 spiro atoms. The van der Waals surface area contributed by atoms with Crippen LogP contribution < -0.4 is 11.2 Å². The zero-order valence-corrected chi connectivity index (χ0v) is 13.1. The number of thioether (sulfide) groups is 1. The number of nitrogens with zero attached hydrogens (tertiary/aromatic N) is 3. The molecule has 2 aromatic heterocycles. The van der Waals surface area contributed by atoms with Gasteiger partial charge in [0.15, 0.2) is 16.3 Å². The van der Waals surface area contributed by atoms with E-state index in [1.54, 1.807) is 18.8 Å². The molecule has 2 aromatic rings. The molecule has 1 atom stereocenters. The number of fused-ring (bicyclic) bond motifs is 1. The standard InChI is InChI=1S/C13H20N4O2S/c1-5-7-17-9-10(14-13(17)20-8(3)6-2)16(4)12(19)15-11(9)18/h8H,5-7H2,1-4H3,(H,15,18,19). The maximum absolute atomic E-state index is 12.1. The highest BCUT2D eigenvalue weighted by Gasteiger charge is 2.18. The van der Waals surface area contributed by atoms with Crippen LogP contribution in [0.2, 0.25) is 0 Å². The summed E-state index contributed by atoms with van der Waals surface area (Å²) in [4.78, 5) is 30.6. The lowest BCUT2D eigenvalue weighted by molar-refractivity contribution is 0.635. The number of hydrogen-bond donors (Lipinski definition) is 1.